The molecule has 0 aliphatic carbocycles. The van der Waals surface area contributed by atoms with Crippen LogP contribution in [0.4, 0.5) is 8.78 Å². The molecule has 0 fully saturated rings. The summed E-state index contributed by atoms with van der Waals surface area (Å²) in [6.45, 7) is 2.54. The molecular formula is C11H18BrF2N3O. The van der Waals surface area contributed by atoms with E-state index in [0.29, 0.717) is 6.42 Å². The molecule has 104 valence electrons. The van der Waals surface area contributed by atoms with Crippen LogP contribution in [0, 0.1) is 0 Å². The van der Waals surface area contributed by atoms with Gasteiger partial charge >= 0.3 is 0 Å². The number of halogens is 3. The summed E-state index contributed by atoms with van der Waals surface area (Å²) >= 11 is 3.45. The van der Waals surface area contributed by atoms with Crippen LogP contribution in [0.1, 0.15) is 25.1 Å². The summed E-state index contributed by atoms with van der Waals surface area (Å²) in [6, 6.07) is 0.0273. The summed E-state index contributed by atoms with van der Waals surface area (Å²) in [5.74, 6) is 0. The Morgan fingerprint density at radius 1 is 1.56 bits per heavy atom. The first-order valence-corrected chi connectivity index (χ1v) is 6.63. The van der Waals surface area contributed by atoms with Crippen molar-refractivity contribution in [3.05, 3.63) is 16.4 Å². The van der Waals surface area contributed by atoms with Crippen LogP contribution < -0.4 is 5.32 Å². The number of alkyl halides is 2. The van der Waals surface area contributed by atoms with Gasteiger partial charge in [-0.05, 0) is 36.3 Å². The van der Waals surface area contributed by atoms with Crippen molar-refractivity contribution in [1.82, 2.24) is 15.1 Å². The molecule has 0 spiro atoms. The Morgan fingerprint density at radius 3 is 2.83 bits per heavy atom. The van der Waals surface area contributed by atoms with E-state index in [-0.39, 0.29) is 12.6 Å². The number of hydrogen-bond acceptors (Lipinski definition) is 3. The van der Waals surface area contributed by atoms with Crippen LogP contribution in [0.5, 0.6) is 0 Å². The van der Waals surface area contributed by atoms with Crippen LogP contribution in [0.3, 0.4) is 0 Å². The maximum absolute atomic E-state index is 11.9. The van der Waals surface area contributed by atoms with Crippen LogP contribution >= 0.6 is 15.9 Å². The molecule has 0 radical (unpaired) electrons. The predicted octanol–water partition coefficient (Wildman–Crippen LogP) is 2.60. The molecule has 18 heavy (non-hydrogen) atoms. The van der Waals surface area contributed by atoms with E-state index in [0.717, 1.165) is 16.7 Å². The minimum absolute atomic E-state index is 0.0273. The van der Waals surface area contributed by atoms with E-state index < -0.39 is 13.0 Å². The predicted molar refractivity (Wildman–Crippen MR) is 68.8 cm³/mol. The van der Waals surface area contributed by atoms with Gasteiger partial charge in [0.1, 0.15) is 6.61 Å². The molecule has 1 aromatic heterocycles. The van der Waals surface area contributed by atoms with Crippen molar-refractivity contribution in [2.45, 2.75) is 32.4 Å². The fraction of sp³-hybridized carbons (Fsp3) is 0.727. The zero-order valence-corrected chi connectivity index (χ0v) is 12.1. The average Bonchev–Trinajstić information content (AvgIpc) is 2.71. The highest BCUT2D eigenvalue weighted by Crippen LogP contribution is 2.25. The van der Waals surface area contributed by atoms with E-state index in [1.807, 2.05) is 18.7 Å². The summed E-state index contributed by atoms with van der Waals surface area (Å²) in [4.78, 5) is 0. The van der Waals surface area contributed by atoms with Crippen molar-refractivity contribution in [2.24, 2.45) is 0 Å². The van der Waals surface area contributed by atoms with E-state index in [9.17, 15) is 8.78 Å². The summed E-state index contributed by atoms with van der Waals surface area (Å²) in [7, 11) is 1.83. The fourth-order valence-corrected chi connectivity index (χ4v) is 2.33. The van der Waals surface area contributed by atoms with Gasteiger partial charge in [-0.3, -0.25) is 4.68 Å². The Labute approximate surface area is 114 Å². The smallest absolute Gasteiger partial charge is 0.261 e. The maximum Gasteiger partial charge on any atom is 0.261 e. The Hall–Kier alpha value is -0.530. The summed E-state index contributed by atoms with van der Waals surface area (Å²) in [6.07, 6.45) is -0.0533. The van der Waals surface area contributed by atoms with Gasteiger partial charge in [0.25, 0.3) is 6.43 Å². The van der Waals surface area contributed by atoms with Gasteiger partial charge in [-0.25, -0.2) is 8.78 Å². The quantitative estimate of drug-likeness (QED) is 0.747. The molecule has 1 unspecified atom stereocenters. The van der Waals surface area contributed by atoms with Crippen molar-refractivity contribution in [3.8, 4) is 0 Å². The SMILES string of the molecule is CCn1ncc(Br)c1C(CCOCC(F)F)NC. The molecule has 4 nitrogen and oxygen atoms in total. The number of ether oxygens (including phenoxy) is 1. The van der Waals surface area contributed by atoms with E-state index in [1.54, 1.807) is 6.20 Å². The van der Waals surface area contributed by atoms with Gasteiger partial charge in [-0.2, -0.15) is 5.10 Å². The first-order valence-electron chi connectivity index (χ1n) is 5.84. The lowest BCUT2D eigenvalue weighted by molar-refractivity contribution is 0.0143. The highest BCUT2D eigenvalue weighted by atomic mass is 79.9. The number of nitrogens with one attached hydrogen (secondary N) is 1. The van der Waals surface area contributed by atoms with E-state index in [2.05, 4.69) is 26.3 Å². The van der Waals surface area contributed by atoms with Gasteiger partial charge in [0.15, 0.2) is 0 Å². The van der Waals surface area contributed by atoms with Gasteiger partial charge in [0.2, 0.25) is 0 Å². The van der Waals surface area contributed by atoms with Crippen molar-refractivity contribution in [3.63, 3.8) is 0 Å². The van der Waals surface area contributed by atoms with Crippen molar-refractivity contribution < 1.29 is 13.5 Å². The molecule has 0 aromatic carbocycles. The summed E-state index contributed by atoms with van der Waals surface area (Å²) in [5.41, 5.74) is 1.01. The van der Waals surface area contributed by atoms with Crippen molar-refractivity contribution in [1.29, 1.82) is 0 Å². The largest absolute Gasteiger partial charge is 0.375 e. The Balaban J connectivity index is 2.57. The Kier molecular flexibility index (Phi) is 6.73. The van der Waals surface area contributed by atoms with E-state index >= 15 is 0 Å². The molecule has 0 bridgehead atoms. The molecule has 1 atom stereocenters. The number of nitrogens with zero attached hydrogens (tertiary/aromatic N) is 2. The molecular weight excluding hydrogens is 308 g/mol. The van der Waals surface area contributed by atoms with Gasteiger partial charge in [-0.1, -0.05) is 0 Å². The van der Waals surface area contributed by atoms with Crippen LogP contribution in [0.25, 0.3) is 0 Å². The topological polar surface area (TPSA) is 39.1 Å². The first kappa shape index (κ1) is 15.5. The van der Waals surface area contributed by atoms with Gasteiger partial charge in [0.05, 0.1) is 22.4 Å². The second kappa shape index (κ2) is 7.81. The standard InChI is InChI=1S/C11H18BrF2N3O/c1-3-17-11(8(12)6-16-17)9(15-2)4-5-18-7-10(13)14/h6,9-10,15H,3-5,7H2,1-2H3. The van der Waals surface area contributed by atoms with Crippen molar-refractivity contribution in [2.75, 3.05) is 20.3 Å². The highest BCUT2D eigenvalue weighted by Gasteiger charge is 2.18. The monoisotopic (exact) mass is 325 g/mol. The lowest BCUT2D eigenvalue weighted by Gasteiger charge is -2.18. The minimum atomic E-state index is -2.41. The lowest BCUT2D eigenvalue weighted by Crippen LogP contribution is -2.22. The number of aryl methyl sites for hydroxylation is 1. The number of rotatable bonds is 8. The van der Waals surface area contributed by atoms with E-state index in [4.69, 9.17) is 4.74 Å². The van der Waals surface area contributed by atoms with E-state index in [1.165, 1.54) is 0 Å². The van der Waals surface area contributed by atoms with Crippen LogP contribution in [0.2, 0.25) is 0 Å². The Bertz CT molecular complexity index is 360. The number of aromatic nitrogens is 2. The zero-order chi connectivity index (χ0) is 13.5. The zero-order valence-electron chi connectivity index (χ0n) is 10.5. The van der Waals surface area contributed by atoms with Gasteiger partial charge in [-0.15, -0.1) is 0 Å². The van der Waals surface area contributed by atoms with Gasteiger partial charge < -0.3 is 10.1 Å². The third kappa shape index (κ3) is 4.29. The fourth-order valence-electron chi connectivity index (χ4n) is 1.76. The first-order chi connectivity index (χ1) is 8.60. The second-order valence-corrected chi connectivity index (χ2v) is 4.64. The molecule has 0 saturated carbocycles. The summed E-state index contributed by atoms with van der Waals surface area (Å²) in [5, 5.41) is 7.38. The molecule has 1 heterocycles. The van der Waals surface area contributed by atoms with Crippen LogP contribution in [-0.4, -0.2) is 36.5 Å². The molecule has 1 rings (SSSR count). The molecule has 0 saturated heterocycles. The molecule has 7 heteroatoms. The van der Waals surface area contributed by atoms with Crippen LogP contribution in [0.15, 0.2) is 10.7 Å². The highest BCUT2D eigenvalue weighted by molar-refractivity contribution is 9.10. The molecule has 1 N–H and O–H groups in total. The average molecular weight is 326 g/mol. The molecule has 0 aliphatic rings. The summed E-state index contributed by atoms with van der Waals surface area (Å²) < 4.78 is 31.6. The second-order valence-electron chi connectivity index (χ2n) is 3.79. The van der Waals surface area contributed by atoms with Gasteiger partial charge in [0, 0.05) is 13.2 Å². The third-order valence-electron chi connectivity index (χ3n) is 2.61. The molecule has 0 amide bonds. The lowest BCUT2D eigenvalue weighted by atomic mass is 10.1. The van der Waals surface area contributed by atoms with Crippen LogP contribution in [-0.2, 0) is 11.3 Å². The number of hydrogen-bond donors (Lipinski definition) is 1. The third-order valence-corrected chi connectivity index (χ3v) is 3.22. The van der Waals surface area contributed by atoms with Crippen molar-refractivity contribution >= 4 is 15.9 Å². The molecule has 1 aromatic rings. The molecule has 0 aliphatic heterocycles. The Morgan fingerprint density at radius 2 is 2.28 bits per heavy atom. The normalized spacial score (nSPS) is 13.2. The minimum Gasteiger partial charge on any atom is -0.375 e. The maximum atomic E-state index is 11.9.